The zero-order chi connectivity index (χ0) is 18.0. The maximum Gasteiger partial charge on any atom is 0.329 e. The average Bonchev–Trinajstić information content (AvgIpc) is 2.46. The Labute approximate surface area is 145 Å². The van der Waals surface area contributed by atoms with Gasteiger partial charge in [-0.2, -0.15) is 0 Å². The molecule has 3 nitrogen and oxygen atoms in total. The van der Waals surface area contributed by atoms with Gasteiger partial charge in [0.1, 0.15) is 0 Å². The smallest absolute Gasteiger partial charge is 0.289 e. The topological polar surface area (TPSA) is 23.6 Å². The van der Waals surface area contributed by atoms with Crippen molar-refractivity contribution in [2.45, 2.75) is 52.6 Å². The van der Waals surface area contributed by atoms with Crippen LogP contribution in [0.2, 0.25) is 0 Å². The molecular formula is C21H28N2O. The predicted molar refractivity (Wildman–Crippen MR) is 103 cm³/mol. The molecule has 0 spiro atoms. The van der Waals surface area contributed by atoms with Crippen molar-refractivity contribution >= 4 is 17.4 Å². The molecule has 2 aromatic rings. The molecular weight excluding hydrogens is 296 g/mol. The van der Waals surface area contributed by atoms with E-state index in [-0.39, 0.29) is 17.1 Å². The van der Waals surface area contributed by atoms with Crippen LogP contribution < -0.4 is 9.80 Å². The third-order valence-electron chi connectivity index (χ3n) is 3.75. The molecule has 128 valence electrons. The second-order valence-electron chi connectivity index (χ2n) is 7.97. The first-order valence-corrected chi connectivity index (χ1v) is 8.37. The van der Waals surface area contributed by atoms with Gasteiger partial charge in [-0.3, -0.25) is 9.80 Å². The zero-order valence-corrected chi connectivity index (χ0v) is 15.6. The summed E-state index contributed by atoms with van der Waals surface area (Å²) in [5.74, 6) is 0. The molecule has 3 heteroatoms. The van der Waals surface area contributed by atoms with Gasteiger partial charge in [0.05, 0.1) is 0 Å². The van der Waals surface area contributed by atoms with Crippen LogP contribution in [0.1, 0.15) is 41.5 Å². The molecule has 0 aliphatic heterocycles. The lowest BCUT2D eigenvalue weighted by Crippen LogP contribution is -2.57. The van der Waals surface area contributed by atoms with Gasteiger partial charge in [0.15, 0.2) is 0 Å². The first kappa shape index (κ1) is 18.1. The van der Waals surface area contributed by atoms with Gasteiger partial charge in [-0.05, 0) is 65.8 Å². The molecule has 0 unspecified atom stereocenters. The number of nitrogens with zero attached hydrogens (tertiary/aromatic N) is 2. The molecule has 0 saturated carbocycles. The molecule has 0 N–H and O–H groups in total. The Morgan fingerprint density at radius 1 is 0.625 bits per heavy atom. The molecule has 0 fully saturated rings. The summed E-state index contributed by atoms with van der Waals surface area (Å²) in [6.07, 6.45) is 0. The Hall–Kier alpha value is -2.29. The van der Waals surface area contributed by atoms with Crippen LogP contribution >= 0.6 is 0 Å². The summed E-state index contributed by atoms with van der Waals surface area (Å²) in [6.45, 7) is 12.4. The van der Waals surface area contributed by atoms with Crippen LogP contribution in [0.5, 0.6) is 0 Å². The summed E-state index contributed by atoms with van der Waals surface area (Å²) < 4.78 is 0. The van der Waals surface area contributed by atoms with Gasteiger partial charge in [-0.1, -0.05) is 36.4 Å². The van der Waals surface area contributed by atoms with E-state index in [0.29, 0.717) is 0 Å². The van der Waals surface area contributed by atoms with Crippen molar-refractivity contribution in [3.05, 3.63) is 60.7 Å². The van der Waals surface area contributed by atoms with E-state index < -0.39 is 0 Å². The molecule has 0 atom stereocenters. The lowest BCUT2D eigenvalue weighted by Gasteiger charge is -2.44. The van der Waals surface area contributed by atoms with E-state index in [1.807, 2.05) is 70.5 Å². The van der Waals surface area contributed by atoms with Gasteiger partial charge in [-0.25, -0.2) is 4.79 Å². The Kier molecular flexibility index (Phi) is 5.02. The highest BCUT2D eigenvalue weighted by Crippen LogP contribution is 2.31. The van der Waals surface area contributed by atoms with E-state index in [0.717, 1.165) is 11.4 Å². The minimum atomic E-state index is -0.337. The van der Waals surface area contributed by atoms with Crippen LogP contribution in [0.3, 0.4) is 0 Å². The summed E-state index contributed by atoms with van der Waals surface area (Å²) in [6, 6.07) is 19.7. The Morgan fingerprint density at radius 2 is 0.917 bits per heavy atom. The Balaban J connectivity index is 2.54. The molecule has 0 heterocycles. The number of hydrogen-bond acceptors (Lipinski definition) is 1. The van der Waals surface area contributed by atoms with E-state index in [9.17, 15) is 4.79 Å². The summed E-state index contributed by atoms with van der Waals surface area (Å²) in [5, 5.41) is 0. The predicted octanol–water partition coefficient (Wildman–Crippen LogP) is 5.72. The van der Waals surface area contributed by atoms with Crippen LogP contribution in [0.15, 0.2) is 60.7 Å². The molecule has 0 aliphatic rings. The molecule has 24 heavy (non-hydrogen) atoms. The third kappa shape index (κ3) is 3.97. The third-order valence-corrected chi connectivity index (χ3v) is 3.75. The number of benzene rings is 2. The van der Waals surface area contributed by atoms with Crippen molar-refractivity contribution < 1.29 is 4.79 Å². The van der Waals surface area contributed by atoms with Crippen molar-refractivity contribution in [3.63, 3.8) is 0 Å². The highest BCUT2D eigenvalue weighted by Gasteiger charge is 2.37. The lowest BCUT2D eigenvalue weighted by molar-refractivity contribution is 0.241. The van der Waals surface area contributed by atoms with Gasteiger partial charge in [0.2, 0.25) is 0 Å². The number of hydrogen-bond donors (Lipinski definition) is 0. The largest absolute Gasteiger partial charge is 0.329 e. The second kappa shape index (κ2) is 6.68. The number of urea groups is 1. The van der Waals surface area contributed by atoms with Crippen LogP contribution in [0, 0.1) is 0 Å². The zero-order valence-electron chi connectivity index (χ0n) is 15.6. The molecule has 0 radical (unpaired) electrons. The minimum Gasteiger partial charge on any atom is -0.289 e. The molecule has 0 aromatic heterocycles. The highest BCUT2D eigenvalue weighted by molar-refractivity contribution is 6.05. The maximum atomic E-state index is 13.6. The molecule has 2 aromatic carbocycles. The van der Waals surface area contributed by atoms with Crippen LogP contribution in [0.4, 0.5) is 16.2 Å². The van der Waals surface area contributed by atoms with Crippen LogP contribution in [0.25, 0.3) is 0 Å². The molecule has 0 aliphatic carbocycles. The Bertz CT molecular complexity index is 607. The number of amides is 2. The maximum absolute atomic E-state index is 13.6. The van der Waals surface area contributed by atoms with Crippen molar-refractivity contribution in [1.82, 2.24) is 0 Å². The Morgan fingerprint density at radius 3 is 1.17 bits per heavy atom. The molecule has 0 bridgehead atoms. The number of para-hydroxylation sites is 2. The number of carbonyl (C=O) groups excluding carboxylic acids is 1. The van der Waals surface area contributed by atoms with Crippen molar-refractivity contribution in [1.29, 1.82) is 0 Å². The highest BCUT2D eigenvalue weighted by atomic mass is 16.2. The standard InChI is InChI=1S/C21H28N2O/c1-20(2,3)22(17-13-9-7-10-14-17)19(24)23(21(4,5)6)18-15-11-8-12-16-18/h7-16H,1-6H3. The monoisotopic (exact) mass is 324 g/mol. The van der Waals surface area contributed by atoms with Gasteiger partial charge < -0.3 is 0 Å². The summed E-state index contributed by atoms with van der Waals surface area (Å²) in [4.78, 5) is 17.3. The number of carbonyl (C=O) groups is 1. The van der Waals surface area contributed by atoms with E-state index in [2.05, 4.69) is 41.5 Å². The van der Waals surface area contributed by atoms with E-state index in [4.69, 9.17) is 0 Å². The summed E-state index contributed by atoms with van der Waals surface area (Å²) >= 11 is 0. The summed E-state index contributed by atoms with van der Waals surface area (Å²) in [7, 11) is 0. The van der Waals surface area contributed by atoms with Crippen molar-refractivity contribution in [3.8, 4) is 0 Å². The van der Waals surface area contributed by atoms with Gasteiger partial charge in [-0.15, -0.1) is 0 Å². The average molecular weight is 324 g/mol. The van der Waals surface area contributed by atoms with Crippen molar-refractivity contribution in [2.24, 2.45) is 0 Å². The summed E-state index contributed by atoms with van der Waals surface area (Å²) in [5.41, 5.74) is 1.13. The first-order chi connectivity index (χ1) is 11.1. The van der Waals surface area contributed by atoms with Gasteiger partial charge in [0.25, 0.3) is 0 Å². The van der Waals surface area contributed by atoms with Gasteiger partial charge >= 0.3 is 6.03 Å². The minimum absolute atomic E-state index is 0.0209. The fourth-order valence-electron chi connectivity index (χ4n) is 2.82. The quantitative estimate of drug-likeness (QED) is 0.693. The second-order valence-corrected chi connectivity index (χ2v) is 7.97. The molecule has 2 rings (SSSR count). The molecule has 0 saturated heterocycles. The fourth-order valence-corrected chi connectivity index (χ4v) is 2.82. The molecule has 2 amide bonds. The van der Waals surface area contributed by atoms with Crippen molar-refractivity contribution in [2.75, 3.05) is 9.80 Å². The lowest BCUT2D eigenvalue weighted by atomic mass is 10.0. The fraction of sp³-hybridized carbons (Fsp3) is 0.381. The first-order valence-electron chi connectivity index (χ1n) is 8.37. The van der Waals surface area contributed by atoms with E-state index >= 15 is 0 Å². The SMILES string of the molecule is CC(C)(C)N(C(=O)N(c1ccccc1)C(C)(C)C)c1ccccc1. The van der Waals surface area contributed by atoms with Gasteiger partial charge in [0, 0.05) is 22.5 Å². The van der Waals surface area contributed by atoms with E-state index in [1.165, 1.54) is 0 Å². The normalized spacial score (nSPS) is 11.9. The number of rotatable bonds is 2. The van der Waals surface area contributed by atoms with E-state index in [1.54, 1.807) is 0 Å². The number of anilines is 2. The van der Waals surface area contributed by atoms with Crippen LogP contribution in [-0.2, 0) is 0 Å². The van der Waals surface area contributed by atoms with Crippen LogP contribution in [-0.4, -0.2) is 17.1 Å².